The number of aliphatic hydroxyl groups is 1. The number of anilines is 1. The molecule has 1 unspecified atom stereocenters. The predicted molar refractivity (Wildman–Crippen MR) is 117 cm³/mol. The van der Waals surface area contributed by atoms with Crippen molar-refractivity contribution in [2.24, 2.45) is 5.92 Å². The maximum atomic E-state index is 13.0. The fourth-order valence-electron chi connectivity index (χ4n) is 3.59. The van der Waals surface area contributed by atoms with Gasteiger partial charge in [-0.1, -0.05) is 12.1 Å². The van der Waals surface area contributed by atoms with Crippen molar-refractivity contribution in [1.29, 1.82) is 0 Å². The summed E-state index contributed by atoms with van der Waals surface area (Å²) in [4.78, 5) is 14.6. The summed E-state index contributed by atoms with van der Waals surface area (Å²) >= 11 is 0. The average Bonchev–Trinajstić information content (AvgIpc) is 2.68. The Bertz CT molecular complexity index is 944. The zero-order chi connectivity index (χ0) is 21.0. The van der Waals surface area contributed by atoms with Gasteiger partial charge in [-0.2, -0.15) is 0 Å². The lowest BCUT2D eigenvalue weighted by atomic mass is 9.87. The molecule has 2 aromatic carbocycles. The first-order valence-electron chi connectivity index (χ1n) is 9.48. The maximum Gasteiger partial charge on any atom is 0.229 e. The van der Waals surface area contributed by atoms with Gasteiger partial charge in [-0.05, 0) is 73.8 Å². The highest BCUT2D eigenvalue weighted by atomic mass is 35.5. The molecular weight excluding hydrogens is 431 g/mol. The molecule has 164 valence electrons. The number of rotatable bonds is 7. The molecule has 0 amide bonds. The number of Topliss-reactive ketones (excluding diaryl/α,β-unsaturated/α-hetero) is 1. The fraction of sp³-hybridized carbons (Fsp3) is 0.381. The van der Waals surface area contributed by atoms with E-state index in [1.54, 1.807) is 36.4 Å². The van der Waals surface area contributed by atoms with Crippen LogP contribution in [0, 0.1) is 11.7 Å². The van der Waals surface area contributed by atoms with Crippen molar-refractivity contribution >= 4 is 33.9 Å². The quantitative estimate of drug-likeness (QED) is 0.624. The molecule has 30 heavy (non-hydrogen) atoms. The third kappa shape index (κ3) is 6.77. The first-order valence-corrected chi connectivity index (χ1v) is 11.4. The molecule has 0 aliphatic carbocycles. The number of nitrogens with zero attached hydrogens (tertiary/aromatic N) is 1. The van der Waals surface area contributed by atoms with E-state index in [0.29, 0.717) is 29.9 Å². The Morgan fingerprint density at radius 2 is 1.70 bits per heavy atom. The van der Waals surface area contributed by atoms with Crippen LogP contribution in [0.15, 0.2) is 48.5 Å². The summed E-state index contributed by atoms with van der Waals surface area (Å²) < 4.78 is 37.9. The molecule has 1 fully saturated rings. The standard InChI is InChI=1S/C21H25FN2O4S.ClH/c1-29(27,28)23-19-8-4-15(5-9-19)20(25)14-24-12-10-17(11-13-24)21(26)16-2-6-18(22)7-3-16;/h2-9,17,21,23,26H,10-14H2,1H3;1H. The molecule has 2 N–H and O–H groups in total. The Balaban J connectivity index is 0.00000320. The SMILES string of the molecule is CS(=O)(=O)Nc1ccc(C(=O)CN2CCC(C(O)c3ccc(F)cc3)CC2)cc1.Cl. The molecule has 1 saturated heterocycles. The Labute approximate surface area is 182 Å². The van der Waals surface area contributed by atoms with Gasteiger partial charge in [-0.25, -0.2) is 12.8 Å². The third-order valence-electron chi connectivity index (χ3n) is 5.17. The van der Waals surface area contributed by atoms with Gasteiger partial charge in [0.15, 0.2) is 5.78 Å². The zero-order valence-electron chi connectivity index (χ0n) is 16.6. The number of carbonyl (C=O) groups excluding carboxylic acids is 1. The highest BCUT2D eigenvalue weighted by molar-refractivity contribution is 7.92. The number of halogens is 2. The van der Waals surface area contributed by atoms with E-state index in [0.717, 1.165) is 19.1 Å². The van der Waals surface area contributed by atoms with Crippen LogP contribution in [0.2, 0.25) is 0 Å². The number of carbonyl (C=O) groups is 1. The van der Waals surface area contributed by atoms with Crippen LogP contribution in [0.25, 0.3) is 0 Å². The number of aliphatic hydroxyl groups excluding tert-OH is 1. The molecule has 1 aliphatic heterocycles. The van der Waals surface area contributed by atoms with Crippen LogP contribution in [0.5, 0.6) is 0 Å². The highest BCUT2D eigenvalue weighted by Crippen LogP contribution is 2.30. The summed E-state index contributed by atoms with van der Waals surface area (Å²) in [5.41, 5.74) is 1.65. The van der Waals surface area contributed by atoms with Crippen LogP contribution in [-0.2, 0) is 10.0 Å². The van der Waals surface area contributed by atoms with E-state index in [1.165, 1.54) is 12.1 Å². The van der Waals surface area contributed by atoms with E-state index in [2.05, 4.69) is 9.62 Å². The Morgan fingerprint density at radius 3 is 2.23 bits per heavy atom. The minimum atomic E-state index is -3.35. The summed E-state index contributed by atoms with van der Waals surface area (Å²) in [7, 11) is -3.35. The second-order valence-corrected chi connectivity index (χ2v) is 9.23. The van der Waals surface area contributed by atoms with Gasteiger partial charge in [0, 0.05) is 11.3 Å². The number of benzene rings is 2. The van der Waals surface area contributed by atoms with Crippen molar-refractivity contribution in [2.75, 3.05) is 30.6 Å². The number of likely N-dealkylation sites (tertiary alicyclic amines) is 1. The van der Waals surface area contributed by atoms with Crippen LogP contribution in [0.1, 0.15) is 34.9 Å². The predicted octanol–water partition coefficient (Wildman–Crippen LogP) is 3.25. The molecule has 2 aromatic rings. The van der Waals surface area contributed by atoms with Crippen LogP contribution in [0.3, 0.4) is 0 Å². The number of hydrogen-bond acceptors (Lipinski definition) is 5. The molecule has 0 spiro atoms. The van der Waals surface area contributed by atoms with Crippen LogP contribution in [-0.4, -0.2) is 50.1 Å². The van der Waals surface area contributed by atoms with Gasteiger partial charge < -0.3 is 5.11 Å². The van der Waals surface area contributed by atoms with Gasteiger partial charge in [0.05, 0.1) is 18.9 Å². The second kappa shape index (κ2) is 10.3. The molecule has 0 radical (unpaired) electrons. The Morgan fingerprint density at radius 1 is 1.13 bits per heavy atom. The number of hydrogen-bond donors (Lipinski definition) is 2. The Kier molecular flexibility index (Phi) is 8.37. The first-order chi connectivity index (χ1) is 13.7. The van der Waals surface area contributed by atoms with Gasteiger partial charge in [-0.3, -0.25) is 14.4 Å². The summed E-state index contributed by atoms with van der Waals surface area (Å²) in [6.07, 6.45) is 1.94. The van der Waals surface area contributed by atoms with E-state index in [1.807, 2.05) is 0 Å². The van der Waals surface area contributed by atoms with Crippen LogP contribution in [0.4, 0.5) is 10.1 Å². The molecule has 1 aliphatic rings. The molecule has 0 aromatic heterocycles. The molecule has 6 nitrogen and oxygen atoms in total. The van der Waals surface area contributed by atoms with Crippen LogP contribution >= 0.6 is 12.4 Å². The number of piperidine rings is 1. The lowest BCUT2D eigenvalue weighted by Crippen LogP contribution is -2.38. The summed E-state index contributed by atoms with van der Waals surface area (Å²) in [6.45, 7) is 1.67. The Hall–Kier alpha value is -2.00. The van der Waals surface area contributed by atoms with Gasteiger partial charge in [0.25, 0.3) is 0 Å². The lowest BCUT2D eigenvalue weighted by Gasteiger charge is -2.34. The minimum Gasteiger partial charge on any atom is -0.388 e. The summed E-state index contributed by atoms with van der Waals surface area (Å²) in [6, 6.07) is 12.3. The van der Waals surface area contributed by atoms with Crippen molar-refractivity contribution in [2.45, 2.75) is 18.9 Å². The monoisotopic (exact) mass is 456 g/mol. The highest BCUT2D eigenvalue weighted by Gasteiger charge is 2.27. The molecule has 1 atom stereocenters. The lowest BCUT2D eigenvalue weighted by molar-refractivity contribution is 0.0563. The van der Waals surface area contributed by atoms with Gasteiger partial charge in [0.1, 0.15) is 5.82 Å². The topological polar surface area (TPSA) is 86.7 Å². The van der Waals surface area contributed by atoms with Crippen molar-refractivity contribution in [3.8, 4) is 0 Å². The summed E-state index contributed by atoms with van der Waals surface area (Å²) in [5.74, 6) is -0.281. The molecule has 0 saturated carbocycles. The number of sulfonamides is 1. The van der Waals surface area contributed by atoms with Gasteiger partial charge >= 0.3 is 0 Å². The van der Waals surface area contributed by atoms with Crippen molar-refractivity contribution in [1.82, 2.24) is 4.90 Å². The van der Waals surface area contributed by atoms with Crippen LogP contribution < -0.4 is 4.72 Å². The first kappa shape index (κ1) is 24.3. The normalized spacial score (nSPS) is 16.5. The molecule has 1 heterocycles. The molecule has 3 rings (SSSR count). The van der Waals surface area contributed by atoms with Crippen molar-refractivity contribution in [3.05, 3.63) is 65.5 Å². The van der Waals surface area contributed by atoms with Crippen molar-refractivity contribution < 1.29 is 22.7 Å². The van der Waals surface area contributed by atoms with E-state index < -0.39 is 16.1 Å². The number of nitrogens with one attached hydrogen (secondary N) is 1. The second-order valence-electron chi connectivity index (χ2n) is 7.48. The maximum absolute atomic E-state index is 13.0. The van der Waals surface area contributed by atoms with Crippen molar-refractivity contribution in [3.63, 3.8) is 0 Å². The largest absolute Gasteiger partial charge is 0.388 e. The fourth-order valence-corrected chi connectivity index (χ4v) is 4.16. The third-order valence-corrected chi connectivity index (χ3v) is 5.77. The van der Waals surface area contributed by atoms with E-state index in [4.69, 9.17) is 0 Å². The van der Waals surface area contributed by atoms with E-state index >= 15 is 0 Å². The van der Waals surface area contributed by atoms with Gasteiger partial charge in [-0.15, -0.1) is 12.4 Å². The average molecular weight is 457 g/mol. The van der Waals surface area contributed by atoms with Gasteiger partial charge in [0.2, 0.25) is 10.0 Å². The van der Waals surface area contributed by atoms with E-state index in [-0.39, 0.29) is 36.5 Å². The van der Waals surface area contributed by atoms with E-state index in [9.17, 15) is 22.7 Å². The molecule has 0 bridgehead atoms. The minimum absolute atomic E-state index is 0. The summed E-state index contributed by atoms with van der Waals surface area (Å²) in [5, 5.41) is 10.5. The zero-order valence-corrected chi connectivity index (χ0v) is 18.3. The molecular formula is C21H26ClFN2O4S. The number of ketones is 1. The smallest absolute Gasteiger partial charge is 0.229 e. The molecule has 9 heteroatoms.